The second kappa shape index (κ2) is 9.03. The zero-order valence-corrected chi connectivity index (χ0v) is 14.8. The molecule has 0 bridgehead atoms. The molecule has 1 unspecified atom stereocenters. The van der Waals surface area contributed by atoms with Crippen LogP contribution in [0.5, 0.6) is 0 Å². The number of aromatic nitrogens is 1. The van der Waals surface area contributed by atoms with Crippen LogP contribution >= 0.6 is 0 Å². The summed E-state index contributed by atoms with van der Waals surface area (Å²) >= 11 is 0. The minimum atomic E-state index is -4.18. The Morgan fingerprint density at radius 1 is 1.28 bits per heavy atom. The second-order valence-corrected chi connectivity index (χ2v) is 6.05. The highest BCUT2D eigenvalue weighted by atomic mass is 19.4. The van der Waals surface area contributed by atoms with E-state index in [1.165, 1.54) is 11.8 Å². The average Bonchev–Trinajstić information content (AvgIpc) is 2.61. The third-order valence-corrected chi connectivity index (χ3v) is 4.33. The van der Waals surface area contributed by atoms with Gasteiger partial charge in [0.1, 0.15) is 6.04 Å². The van der Waals surface area contributed by atoms with Crippen molar-refractivity contribution in [3.63, 3.8) is 0 Å². The molecule has 140 valence electrons. The largest absolute Gasteiger partial charge is 0.403 e. The lowest BCUT2D eigenvalue weighted by Crippen LogP contribution is -2.56. The maximum Gasteiger partial charge on any atom is 0.403 e. The van der Waals surface area contributed by atoms with Crippen molar-refractivity contribution in [2.75, 3.05) is 39.3 Å². The number of nitrogens with one attached hydrogen (secondary N) is 1. The summed E-state index contributed by atoms with van der Waals surface area (Å²) in [5, 5.41) is 3.23. The zero-order chi connectivity index (χ0) is 18.3. The van der Waals surface area contributed by atoms with Gasteiger partial charge < -0.3 is 10.2 Å². The molecule has 1 saturated heterocycles. The van der Waals surface area contributed by atoms with E-state index >= 15 is 0 Å². The quantitative estimate of drug-likeness (QED) is 0.648. The Balaban J connectivity index is 1.89. The maximum absolute atomic E-state index is 12.8. The number of guanidine groups is 1. The average molecular weight is 357 g/mol. The topological polar surface area (TPSA) is 43.8 Å². The van der Waals surface area contributed by atoms with Gasteiger partial charge in [-0.15, -0.1) is 0 Å². The predicted octanol–water partition coefficient (Wildman–Crippen LogP) is 2.16. The number of aliphatic imine (C=N–C) groups is 1. The molecular weight excluding hydrogens is 331 g/mol. The van der Waals surface area contributed by atoms with Crippen LogP contribution in [0.15, 0.2) is 29.4 Å². The second-order valence-electron chi connectivity index (χ2n) is 6.05. The molecule has 25 heavy (non-hydrogen) atoms. The lowest BCUT2D eigenvalue weighted by molar-refractivity contribution is -0.181. The normalized spacial score (nSPS) is 18.3. The van der Waals surface area contributed by atoms with Crippen LogP contribution in [0.4, 0.5) is 13.2 Å². The van der Waals surface area contributed by atoms with Crippen molar-refractivity contribution in [1.29, 1.82) is 0 Å². The van der Waals surface area contributed by atoms with Crippen LogP contribution in [0.25, 0.3) is 0 Å². The molecule has 1 aromatic rings. The predicted molar refractivity (Wildman–Crippen MR) is 92.6 cm³/mol. The minimum absolute atomic E-state index is 0.380. The molecule has 8 heteroatoms. The summed E-state index contributed by atoms with van der Waals surface area (Å²) in [5.41, 5.74) is 0.978. The molecule has 1 aliphatic rings. The standard InChI is InChI=1S/C17H26F3N5/c1-3-21-16(23-9-7-15-6-4-5-8-22-15)25-12-10-24(11-13-25)14(2)17(18,19)20/h4-6,8,14H,3,7,9-13H2,1-2H3,(H,21,23). The highest BCUT2D eigenvalue weighted by molar-refractivity contribution is 5.80. The van der Waals surface area contributed by atoms with E-state index in [2.05, 4.69) is 15.3 Å². The van der Waals surface area contributed by atoms with E-state index in [0.29, 0.717) is 32.7 Å². The van der Waals surface area contributed by atoms with Gasteiger partial charge in [-0.2, -0.15) is 13.2 Å². The molecule has 1 aromatic heterocycles. The Morgan fingerprint density at radius 2 is 2.00 bits per heavy atom. The fourth-order valence-electron chi connectivity index (χ4n) is 2.78. The van der Waals surface area contributed by atoms with E-state index in [-0.39, 0.29) is 0 Å². The summed E-state index contributed by atoms with van der Waals surface area (Å²) in [6.07, 6.45) is -1.68. The van der Waals surface area contributed by atoms with Crippen LogP contribution in [0.2, 0.25) is 0 Å². The van der Waals surface area contributed by atoms with Gasteiger partial charge in [0.05, 0.1) is 0 Å². The first-order chi connectivity index (χ1) is 11.9. The summed E-state index contributed by atoms with van der Waals surface area (Å²) < 4.78 is 38.5. The highest BCUT2D eigenvalue weighted by Gasteiger charge is 2.41. The number of alkyl halides is 3. The van der Waals surface area contributed by atoms with Crippen molar-refractivity contribution >= 4 is 5.96 Å². The fourth-order valence-corrected chi connectivity index (χ4v) is 2.78. The Labute approximate surface area is 146 Å². The molecule has 0 aromatic carbocycles. The first-order valence-electron chi connectivity index (χ1n) is 8.65. The lowest BCUT2D eigenvalue weighted by Gasteiger charge is -2.39. The highest BCUT2D eigenvalue weighted by Crippen LogP contribution is 2.25. The van der Waals surface area contributed by atoms with Crippen molar-refractivity contribution in [1.82, 2.24) is 20.1 Å². The molecule has 0 amide bonds. The van der Waals surface area contributed by atoms with Gasteiger partial charge in [-0.25, -0.2) is 0 Å². The van der Waals surface area contributed by atoms with Gasteiger partial charge in [0.25, 0.3) is 0 Å². The van der Waals surface area contributed by atoms with E-state index < -0.39 is 12.2 Å². The number of halogens is 3. The van der Waals surface area contributed by atoms with E-state index in [1.807, 2.05) is 30.0 Å². The fraction of sp³-hybridized carbons (Fsp3) is 0.647. The molecule has 2 heterocycles. The minimum Gasteiger partial charge on any atom is -0.357 e. The summed E-state index contributed by atoms with van der Waals surface area (Å²) in [5.74, 6) is 0.762. The lowest BCUT2D eigenvalue weighted by atomic mass is 10.2. The molecule has 5 nitrogen and oxygen atoms in total. The van der Waals surface area contributed by atoms with Gasteiger partial charge in [-0.05, 0) is 26.0 Å². The maximum atomic E-state index is 12.8. The molecule has 1 atom stereocenters. The molecule has 2 rings (SSSR count). The summed E-state index contributed by atoms with van der Waals surface area (Å²) in [6, 6.07) is 4.37. The Kier molecular flexibility index (Phi) is 7.04. The van der Waals surface area contributed by atoms with Gasteiger partial charge in [0.2, 0.25) is 0 Å². The molecular formula is C17H26F3N5. The van der Waals surface area contributed by atoms with E-state index in [4.69, 9.17) is 0 Å². The van der Waals surface area contributed by atoms with E-state index in [1.54, 1.807) is 6.20 Å². The monoisotopic (exact) mass is 357 g/mol. The van der Waals surface area contributed by atoms with Crippen LogP contribution in [-0.4, -0.2) is 72.2 Å². The van der Waals surface area contributed by atoms with Crippen molar-refractivity contribution < 1.29 is 13.2 Å². The molecule has 0 aliphatic carbocycles. The summed E-state index contributed by atoms with van der Waals surface area (Å²) in [6.45, 7) is 6.36. The number of hydrogen-bond acceptors (Lipinski definition) is 3. The molecule has 0 radical (unpaired) electrons. The number of pyridine rings is 1. The molecule has 1 fully saturated rings. The Morgan fingerprint density at radius 3 is 2.56 bits per heavy atom. The van der Waals surface area contributed by atoms with Crippen molar-refractivity contribution in [2.45, 2.75) is 32.5 Å². The molecule has 1 N–H and O–H groups in total. The van der Waals surface area contributed by atoms with Gasteiger partial charge >= 0.3 is 6.18 Å². The van der Waals surface area contributed by atoms with Crippen molar-refractivity contribution in [3.8, 4) is 0 Å². The number of rotatable bonds is 5. The summed E-state index contributed by atoms with van der Waals surface area (Å²) in [4.78, 5) is 12.4. The van der Waals surface area contributed by atoms with Crippen LogP contribution in [0.1, 0.15) is 19.5 Å². The van der Waals surface area contributed by atoms with Gasteiger partial charge in [-0.1, -0.05) is 6.07 Å². The zero-order valence-electron chi connectivity index (χ0n) is 14.8. The van der Waals surface area contributed by atoms with Crippen LogP contribution in [-0.2, 0) is 6.42 Å². The van der Waals surface area contributed by atoms with Crippen LogP contribution in [0.3, 0.4) is 0 Å². The molecule has 0 spiro atoms. The van der Waals surface area contributed by atoms with E-state index in [9.17, 15) is 13.2 Å². The van der Waals surface area contributed by atoms with Gasteiger partial charge in [0.15, 0.2) is 5.96 Å². The molecule has 1 aliphatic heterocycles. The smallest absolute Gasteiger partial charge is 0.357 e. The number of nitrogens with zero attached hydrogens (tertiary/aromatic N) is 4. The van der Waals surface area contributed by atoms with Crippen molar-refractivity contribution in [3.05, 3.63) is 30.1 Å². The SMILES string of the molecule is CCNC(=NCCc1ccccn1)N1CCN(C(C)C(F)(F)F)CC1. The first-order valence-corrected chi connectivity index (χ1v) is 8.65. The third-order valence-electron chi connectivity index (χ3n) is 4.33. The van der Waals surface area contributed by atoms with Gasteiger partial charge in [0, 0.05) is 57.6 Å². The first kappa shape index (κ1) is 19.5. The van der Waals surface area contributed by atoms with Crippen LogP contribution < -0.4 is 5.32 Å². The van der Waals surface area contributed by atoms with Gasteiger partial charge in [-0.3, -0.25) is 14.9 Å². The Hall–Kier alpha value is -1.83. The number of hydrogen-bond donors (Lipinski definition) is 1. The van der Waals surface area contributed by atoms with Crippen LogP contribution in [0, 0.1) is 0 Å². The van der Waals surface area contributed by atoms with E-state index in [0.717, 1.165) is 24.6 Å². The van der Waals surface area contributed by atoms with Crippen molar-refractivity contribution in [2.24, 2.45) is 4.99 Å². The Bertz CT molecular complexity index is 539. The molecule has 0 saturated carbocycles. The third kappa shape index (κ3) is 5.88. The number of piperazine rings is 1. The summed E-state index contributed by atoms with van der Waals surface area (Å²) in [7, 11) is 0.